The van der Waals surface area contributed by atoms with Crippen LogP contribution < -0.4 is 0 Å². The van der Waals surface area contributed by atoms with Gasteiger partial charge in [0, 0.05) is 5.75 Å². The maximum Gasteiger partial charge on any atom is 0.150 e. The molecule has 0 saturated carbocycles. The molecule has 0 spiro atoms. The molecule has 0 amide bonds. The molecule has 0 aromatic carbocycles. The lowest BCUT2D eigenvalue weighted by atomic mass is 9.92. The number of sulfone groups is 1. The molecule has 0 bridgehead atoms. The zero-order valence-electron chi connectivity index (χ0n) is 8.20. The topological polar surface area (TPSA) is 34.1 Å². The van der Waals surface area contributed by atoms with Gasteiger partial charge in [-0.15, -0.1) is 0 Å². The van der Waals surface area contributed by atoms with Crippen LogP contribution in [-0.4, -0.2) is 19.9 Å². The predicted octanol–water partition coefficient (Wildman–Crippen LogP) is 2.17. The van der Waals surface area contributed by atoms with Gasteiger partial charge in [-0.2, -0.15) is 0 Å². The summed E-state index contributed by atoms with van der Waals surface area (Å²) in [6.45, 7) is 1.72. The van der Waals surface area contributed by atoms with Crippen LogP contribution in [0.5, 0.6) is 0 Å². The molecular weight excluding hydrogens is 184 g/mol. The predicted molar refractivity (Wildman–Crippen MR) is 55.4 cm³/mol. The van der Waals surface area contributed by atoms with Gasteiger partial charge in [-0.05, 0) is 31.6 Å². The van der Waals surface area contributed by atoms with Gasteiger partial charge in [0.25, 0.3) is 0 Å². The van der Waals surface area contributed by atoms with Crippen molar-refractivity contribution in [3.8, 4) is 0 Å². The Kier molecular flexibility index (Phi) is 3.97. The highest BCUT2D eigenvalue weighted by Gasteiger charge is 2.14. The van der Waals surface area contributed by atoms with Crippen LogP contribution >= 0.6 is 0 Å². The van der Waals surface area contributed by atoms with Crippen LogP contribution in [-0.2, 0) is 9.84 Å². The van der Waals surface area contributed by atoms with E-state index in [9.17, 15) is 8.42 Å². The second-order valence-electron chi connectivity index (χ2n) is 3.68. The van der Waals surface area contributed by atoms with Crippen LogP contribution in [0.3, 0.4) is 0 Å². The first-order valence-corrected chi connectivity index (χ1v) is 6.81. The van der Waals surface area contributed by atoms with E-state index in [4.69, 9.17) is 0 Å². The van der Waals surface area contributed by atoms with E-state index in [0.717, 1.165) is 25.7 Å². The van der Waals surface area contributed by atoms with E-state index in [0.29, 0.717) is 11.7 Å². The smallest absolute Gasteiger partial charge is 0.150 e. The average Bonchev–Trinajstić information content (AvgIpc) is 2.17. The minimum Gasteiger partial charge on any atom is -0.229 e. The van der Waals surface area contributed by atoms with Crippen molar-refractivity contribution in [2.24, 2.45) is 5.92 Å². The fourth-order valence-electron chi connectivity index (χ4n) is 1.61. The van der Waals surface area contributed by atoms with Crippen molar-refractivity contribution in [3.05, 3.63) is 12.2 Å². The molecule has 1 atom stereocenters. The third kappa shape index (κ3) is 3.94. The summed E-state index contributed by atoms with van der Waals surface area (Å²) >= 11 is 0. The van der Waals surface area contributed by atoms with Crippen molar-refractivity contribution in [3.63, 3.8) is 0 Å². The van der Waals surface area contributed by atoms with Crippen molar-refractivity contribution >= 4 is 9.84 Å². The van der Waals surface area contributed by atoms with E-state index in [1.807, 2.05) is 0 Å². The van der Waals surface area contributed by atoms with Gasteiger partial charge in [-0.1, -0.05) is 19.1 Å². The number of hydrogen-bond donors (Lipinski definition) is 0. The quantitative estimate of drug-likeness (QED) is 0.655. The molecule has 13 heavy (non-hydrogen) atoms. The molecule has 1 rings (SSSR count). The Hall–Kier alpha value is -0.310. The van der Waals surface area contributed by atoms with Crippen LogP contribution in [0.25, 0.3) is 0 Å². The molecule has 0 N–H and O–H groups in total. The van der Waals surface area contributed by atoms with Crippen molar-refractivity contribution in [2.45, 2.75) is 32.6 Å². The van der Waals surface area contributed by atoms with Gasteiger partial charge in [0.2, 0.25) is 0 Å². The Labute approximate surface area is 81.0 Å². The van der Waals surface area contributed by atoms with E-state index in [-0.39, 0.29) is 5.75 Å². The van der Waals surface area contributed by atoms with E-state index in [2.05, 4.69) is 12.2 Å². The van der Waals surface area contributed by atoms with Crippen molar-refractivity contribution in [1.82, 2.24) is 0 Å². The Balaban J connectivity index is 2.30. The van der Waals surface area contributed by atoms with Crippen LogP contribution in [0.15, 0.2) is 12.2 Å². The second-order valence-corrected chi connectivity index (χ2v) is 6.15. The molecule has 1 aliphatic rings. The van der Waals surface area contributed by atoms with Crippen LogP contribution in [0.4, 0.5) is 0 Å². The maximum absolute atomic E-state index is 11.2. The van der Waals surface area contributed by atoms with Gasteiger partial charge >= 0.3 is 0 Å². The van der Waals surface area contributed by atoms with Gasteiger partial charge in [-0.3, -0.25) is 0 Å². The Morgan fingerprint density at radius 1 is 1.38 bits per heavy atom. The van der Waals surface area contributed by atoms with E-state index in [1.54, 1.807) is 6.92 Å². The molecule has 0 fully saturated rings. The number of allylic oxidation sites excluding steroid dienone is 2. The van der Waals surface area contributed by atoms with Gasteiger partial charge in [0.15, 0.2) is 0 Å². The lowest BCUT2D eigenvalue weighted by molar-refractivity contribution is 0.463. The van der Waals surface area contributed by atoms with Crippen LogP contribution in [0, 0.1) is 5.92 Å². The third-order valence-electron chi connectivity index (χ3n) is 2.65. The average molecular weight is 202 g/mol. The summed E-state index contributed by atoms with van der Waals surface area (Å²) in [7, 11) is -2.74. The molecule has 0 aromatic heterocycles. The van der Waals surface area contributed by atoms with E-state index in [1.165, 1.54) is 0 Å². The zero-order chi connectivity index (χ0) is 9.73. The molecule has 2 nitrogen and oxygen atoms in total. The first-order chi connectivity index (χ1) is 6.14. The van der Waals surface area contributed by atoms with Crippen LogP contribution in [0.2, 0.25) is 0 Å². The summed E-state index contributed by atoms with van der Waals surface area (Å²) < 4.78 is 22.4. The van der Waals surface area contributed by atoms with Gasteiger partial charge in [0.1, 0.15) is 9.84 Å². The SMILES string of the molecule is CCS(=O)(=O)CCC1CC=CCC1. The van der Waals surface area contributed by atoms with Crippen molar-refractivity contribution < 1.29 is 8.42 Å². The van der Waals surface area contributed by atoms with Gasteiger partial charge in [0.05, 0.1) is 5.75 Å². The molecule has 3 heteroatoms. The Morgan fingerprint density at radius 2 is 2.15 bits per heavy atom. The normalized spacial score (nSPS) is 23.3. The lowest BCUT2D eigenvalue weighted by Crippen LogP contribution is -2.13. The molecule has 0 heterocycles. The van der Waals surface area contributed by atoms with Crippen molar-refractivity contribution in [1.29, 1.82) is 0 Å². The molecule has 1 aliphatic carbocycles. The Bertz CT molecular complexity index is 265. The standard InChI is InChI=1S/C10H18O2S/c1-2-13(11,12)9-8-10-6-4-3-5-7-10/h3-4,10H,2,5-9H2,1H3. The summed E-state index contributed by atoms with van der Waals surface area (Å²) in [5.74, 6) is 1.27. The third-order valence-corrected chi connectivity index (χ3v) is 4.39. The highest BCUT2D eigenvalue weighted by atomic mass is 32.2. The largest absolute Gasteiger partial charge is 0.229 e. The van der Waals surface area contributed by atoms with Crippen molar-refractivity contribution in [2.75, 3.05) is 11.5 Å². The van der Waals surface area contributed by atoms with E-state index >= 15 is 0 Å². The van der Waals surface area contributed by atoms with E-state index < -0.39 is 9.84 Å². The van der Waals surface area contributed by atoms with Gasteiger partial charge < -0.3 is 0 Å². The molecule has 76 valence electrons. The fourth-order valence-corrected chi connectivity index (χ4v) is 2.59. The number of rotatable bonds is 4. The summed E-state index contributed by atoms with van der Waals surface area (Å²) in [6, 6.07) is 0. The highest BCUT2D eigenvalue weighted by Crippen LogP contribution is 2.21. The number of hydrogen-bond acceptors (Lipinski definition) is 2. The van der Waals surface area contributed by atoms with Gasteiger partial charge in [-0.25, -0.2) is 8.42 Å². The molecule has 0 aliphatic heterocycles. The first-order valence-electron chi connectivity index (χ1n) is 4.99. The molecule has 0 radical (unpaired) electrons. The van der Waals surface area contributed by atoms with Crippen LogP contribution in [0.1, 0.15) is 32.6 Å². The summed E-state index contributed by atoms with van der Waals surface area (Å²) in [4.78, 5) is 0. The molecule has 1 unspecified atom stereocenters. The maximum atomic E-state index is 11.2. The monoisotopic (exact) mass is 202 g/mol. The summed E-state index contributed by atoms with van der Waals surface area (Å²) in [5, 5.41) is 0. The molecule has 0 saturated heterocycles. The summed E-state index contributed by atoms with van der Waals surface area (Å²) in [6.07, 6.45) is 8.56. The Morgan fingerprint density at radius 3 is 2.69 bits per heavy atom. The molecular formula is C10H18O2S. The second kappa shape index (κ2) is 4.80. The fraction of sp³-hybridized carbons (Fsp3) is 0.800. The zero-order valence-corrected chi connectivity index (χ0v) is 9.02. The molecule has 0 aromatic rings. The minimum absolute atomic E-state index is 0.287. The first kappa shape index (κ1) is 10.8. The minimum atomic E-state index is -2.74. The summed E-state index contributed by atoms with van der Waals surface area (Å²) in [5.41, 5.74) is 0. The highest BCUT2D eigenvalue weighted by molar-refractivity contribution is 7.91. The lowest BCUT2D eigenvalue weighted by Gasteiger charge is -2.16.